The van der Waals surface area contributed by atoms with Gasteiger partial charge in [-0.1, -0.05) is 0 Å². The number of hydrogen-bond acceptors (Lipinski definition) is 4. The number of nitrogens with zero attached hydrogens (tertiary/aromatic N) is 4. The third kappa shape index (κ3) is 4.10. The molecule has 1 aliphatic heterocycles. The molecule has 3 rings (SSSR count). The molecular weight excluding hydrogens is 292 g/mol. The number of furan rings is 1. The highest BCUT2D eigenvalue weighted by Gasteiger charge is 2.19. The molecule has 6 heteroatoms. The molecule has 2 aromatic heterocycles. The van der Waals surface area contributed by atoms with Gasteiger partial charge < -0.3 is 13.9 Å². The summed E-state index contributed by atoms with van der Waals surface area (Å²) < 4.78 is 7.35. The van der Waals surface area contributed by atoms with Crippen molar-refractivity contribution in [2.45, 2.75) is 13.5 Å². The predicted octanol–water partition coefficient (Wildman–Crippen LogP) is 1.64. The van der Waals surface area contributed by atoms with Crippen LogP contribution in [0, 0.1) is 6.92 Å². The molecule has 0 atom stereocenters. The molecule has 0 spiro atoms. The first-order valence-electron chi connectivity index (χ1n) is 7.93. The zero-order chi connectivity index (χ0) is 16.1. The van der Waals surface area contributed by atoms with Crippen molar-refractivity contribution in [2.75, 3.05) is 32.7 Å². The van der Waals surface area contributed by atoms with E-state index in [4.69, 9.17) is 4.42 Å². The average molecular weight is 314 g/mol. The Hall–Kier alpha value is -2.34. The average Bonchev–Trinajstić information content (AvgIpc) is 3.23. The molecule has 0 aromatic carbocycles. The fraction of sp³-hybridized carbons (Fsp3) is 0.412. The molecule has 6 nitrogen and oxygen atoms in total. The first-order chi connectivity index (χ1) is 11.2. The van der Waals surface area contributed by atoms with Crippen LogP contribution in [-0.2, 0) is 11.3 Å². The highest BCUT2D eigenvalue weighted by Crippen LogP contribution is 2.07. The second kappa shape index (κ2) is 7.28. The molecule has 1 saturated heterocycles. The van der Waals surface area contributed by atoms with Crippen LogP contribution < -0.4 is 0 Å². The SMILES string of the molecule is Cc1nccn1CCN1CCN(C(=O)/C=C/c2ccco2)CC1. The van der Waals surface area contributed by atoms with Crippen LogP contribution in [0.5, 0.6) is 0 Å². The Labute approximate surface area is 136 Å². The Morgan fingerprint density at radius 2 is 2.13 bits per heavy atom. The molecule has 1 fully saturated rings. The standard InChI is InChI=1S/C17H22N4O2/c1-15-18-6-7-20(15)11-8-19-9-12-21(13-10-19)17(22)5-4-16-3-2-14-23-16/h2-7,14H,8-13H2,1H3/b5-4+. The number of piperazine rings is 1. The van der Waals surface area contributed by atoms with E-state index in [0.717, 1.165) is 45.1 Å². The van der Waals surface area contributed by atoms with Gasteiger partial charge in [0.15, 0.2) is 0 Å². The first kappa shape index (κ1) is 15.6. The summed E-state index contributed by atoms with van der Waals surface area (Å²) >= 11 is 0. The highest BCUT2D eigenvalue weighted by atomic mass is 16.3. The Bertz CT molecular complexity index is 652. The van der Waals surface area contributed by atoms with Crippen LogP contribution in [0.3, 0.4) is 0 Å². The Kier molecular flexibility index (Phi) is 4.92. The largest absolute Gasteiger partial charge is 0.465 e. The number of aromatic nitrogens is 2. The number of carbonyl (C=O) groups is 1. The van der Waals surface area contributed by atoms with E-state index < -0.39 is 0 Å². The van der Waals surface area contributed by atoms with E-state index >= 15 is 0 Å². The molecule has 2 aromatic rings. The Morgan fingerprint density at radius 3 is 2.78 bits per heavy atom. The summed E-state index contributed by atoms with van der Waals surface area (Å²) in [5.74, 6) is 1.79. The minimum Gasteiger partial charge on any atom is -0.465 e. The normalized spacial score (nSPS) is 16.3. The summed E-state index contributed by atoms with van der Waals surface area (Å²) in [7, 11) is 0. The van der Waals surface area contributed by atoms with Crippen LogP contribution in [-0.4, -0.2) is 58.0 Å². The van der Waals surface area contributed by atoms with Crippen LogP contribution in [0.4, 0.5) is 0 Å². The lowest BCUT2D eigenvalue weighted by atomic mass is 10.3. The molecule has 0 unspecified atom stereocenters. The number of carbonyl (C=O) groups excluding carboxylic acids is 1. The van der Waals surface area contributed by atoms with Crippen molar-refractivity contribution in [2.24, 2.45) is 0 Å². The number of amides is 1. The zero-order valence-corrected chi connectivity index (χ0v) is 13.4. The monoisotopic (exact) mass is 314 g/mol. The molecule has 122 valence electrons. The molecule has 0 saturated carbocycles. The van der Waals surface area contributed by atoms with E-state index in [1.165, 1.54) is 0 Å². The van der Waals surface area contributed by atoms with Gasteiger partial charge in [-0.2, -0.15) is 0 Å². The summed E-state index contributed by atoms with van der Waals surface area (Å²) in [5.41, 5.74) is 0. The number of imidazole rings is 1. The maximum atomic E-state index is 12.2. The second-order valence-corrected chi connectivity index (χ2v) is 5.68. The van der Waals surface area contributed by atoms with Crippen molar-refractivity contribution in [3.63, 3.8) is 0 Å². The topological polar surface area (TPSA) is 54.5 Å². The summed E-state index contributed by atoms with van der Waals surface area (Å²) in [6.45, 7) is 7.30. The Balaban J connectivity index is 1.43. The van der Waals surface area contributed by atoms with E-state index in [1.54, 1.807) is 18.4 Å². The first-order valence-corrected chi connectivity index (χ1v) is 7.93. The maximum absolute atomic E-state index is 12.2. The summed E-state index contributed by atoms with van der Waals surface area (Å²) in [4.78, 5) is 20.7. The van der Waals surface area contributed by atoms with Crippen LogP contribution in [0.2, 0.25) is 0 Å². The van der Waals surface area contributed by atoms with Gasteiger partial charge in [0, 0.05) is 57.7 Å². The predicted molar refractivity (Wildman–Crippen MR) is 87.7 cm³/mol. The van der Waals surface area contributed by atoms with Gasteiger partial charge in [-0.3, -0.25) is 9.69 Å². The molecule has 1 aliphatic rings. The molecule has 1 amide bonds. The molecular formula is C17H22N4O2. The van der Waals surface area contributed by atoms with Gasteiger partial charge in [-0.05, 0) is 25.1 Å². The van der Waals surface area contributed by atoms with E-state index in [1.807, 2.05) is 36.4 Å². The third-order valence-corrected chi connectivity index (χ3v) is 4.20. The lowest BCUT2D eigenvalue weighted by Crippen LogP contribution is -2.48. The van der Waals surface area contributed by atoms with Gasteiger partial charge in [-0.15, -0.1) is 0 Å². The van der Waals surface area contributed by atoms with Crippen LogP contribution in [0.1, 0.15) is 11.6 Å². The van der Waals surface area contributed by atoms with Crippen molar-refractivity contribution < 1.29 is 9.21 Å². The van der Waals surface area contributed by atoms with Gasteiger partial charge >= 0.3 is 0 Å². The zero-order valence-electron chi connectivity index (χ0n) is 13.4. The molecule has 3 heterocycles. The van der Waals surface area contributed by atoms with E-state index in [-0.39, 0.29) is 5.91 Å². The number of rotatable bonds is 5. The summed E-state index contributed by atoms with van der Waals surface area (Å²) in [5, 5.41) is 0. The number of hydrogen-bond donors (Lipinski definition) is 0. The lowest BCUT2D eigenvalue weighted by molar-refractivity contribution is -0.127. The minimum atomic E-state index is 0.0477. The van der Waals surface area contributed by atoms with E-state index in [2.05, 4.69) is 14.5 Å². The number of aryl methyl sites for hydroxylation is 1. The Morgan fingerprint density at radius 1 is 1.30 bits per heavy atom. The molecule has 23 heavy (non-hydrogen) atoms. The van der Waals surface area contributed by atoms with Crippen LogP contribution in [0.25, 0.3) is 6.08 Å². The summed E-state index contributed by atoms with van der Waals surface area (Å²) in [6, 6.07) is 3.64. The fourth-order valence-electron chi connectivity index (χ4n) is 2.73. The fourth-order valence-corrected chi connectivity index (χ4v) is 2.73. The van der Waals surface area contributed by atoms with Gasteiger partial charge in [0.1, 0.15) is 11.6 Å². The molecule has 0 bridgehead atoms. The van der Waals surface area contributed by atoms with Crippen molar-refractivity contribution in [1.29, 1.82) is 0 Å². The van der Waals surface area contributed by atoms with Crippen molar-refractivity contribution in [3.05, 3.63) is 48.5 Å². The lowest BCUT2D eigenvalue weighted by Gasteiger charge is -2.34. The molecule has 0 radical (unpaired) electrons. The molecule has 0 aliphatic carbocycles. The van der Waals surface area contributed by atoms with Gasteiger partial charge in [-0.25, -0.2) is 4.98 Å². The van der Waals surface area contributed by atoms with Crippen molar-refractivity contribution in [3.8, 4) is 0 Å². The van der Waals surface area contributed by atoms with Crippen LogP contribution >= 0.6 is 0 Å². The summed E-state index contributed by atoms with van der Waals surface area (Å²) in [6.07, 6.45) is 8.75. The van der Waals surface area contributed by atoms with E-state index in [0.29, 0.717) is 5.76 Å². The highest BCUT2D eigenvalue weighted by molar-refractivity contribution is 5.91. The quantitative estimate of drug-likeness (QED) is 0.787. The van der Waals surface area contributed by atoms with E-state index in [9.17, 15) is 4.79 Å². The van der Waals surface area contributed by atoms with Crippen molar-refractivity contribution in [1.82, 2.24) is 19.4 Å². The van der Waals surface area contributed by atoms with Gasteiger partial charge in [0.2, 0.25) is 5.91 Å². The smallest absolute Gasteiger partial charge is 0.246 e. The van der Waals surface area contributed by atoms with Crippen LogP contribution in [0.15, 0.2) is 41.3 Å². The molecule has 0 N–H and O–H groups in total. The van der Waals surface area contributed by atoms with Crippen molar-refractivity contribution >= 4 is 12.0 Å². The minimum absolute atomic E-state index is 0.0477. The maximum Gasteiger partial charge on any atom is 0.246 e. The third-order valence-electron chi connectivity index (χ3n) is 4.20. The van der Waals surface area contributed by atoms with Gasteiger partial charge in [0.05, 0.1) is 6.26 Å². The second-order valence-electron chi connectivity index (χ2n) is 5.68. The van der Waals surface area contributed by atoms with Gasteiger partial charge in [0.25, 0.3) is 0 Å².